The highest BCUT2D eigenvalue weighted by atomic mass is 32.2. The Morgan fingerprint density at radius 2 is 2.28 bits per heavy atom. The summed E-state index contributed by atoms with van der Waals surface area (Å²) in [6, 6.07) is 0. The van der Waals surface area contributed by atoms with Crippen molar-refractivity contribution in [3.8, 4) is 0 Å². The molecule has 6 heteroatoms. The molecule has 0 aromatic heterocycles. The fraction of sp³-hybridized carbons (Fsp3) is 0.583. The van der Waals surface area contributed by atoms with Crippen LogP contribution < -0.4 is 5.32 Å². The Bertz CT molecular complexity index is 379. The van der Waals surface area contributed by atoms with Crippen molar-refractivity contribution in [1.29, 1.82) is 0 Å². The highest BCUT2D eigenvalue weighted by molar-refractivity contribution is 8.14. The number of nitrogens with zero attached hydrogens (tertiary/aromatic N) is 1. The maximum atomic E-state index is 11.8. The summed E-state index contributed by atoms with van der Waals surface area (Å²) < 4.78 is 0. The molecule has 1 atom stereocenters. The lowest BCUT2D eigenvalue weighted by Gasteiger charge is -2.18. The van der Waals surface area contributed by atoms with E-state index in [0.717, 1.165) is 31.0 Å². The van der Waals surface area contributed by atoms with E-state index in [1.165, 1.54) is 4.90 Å². The van der Waals surface area contributed by atoms with Gasteiger partial charge in [0.15, 0.2) is 0 Å². The fourth-order valence-electron chi connectivity index (χ4n) is 2.06. The smallest absolute Gasteiger partial charge is 0.288 e. The normalized spacial score (nSPS) is 23.6. The summed E-state index contributed by atoms with van der Waals surface area (Å²) in [5.74, 6) is 0.112. The first-order chi connectivity index (χ1) is 8.68. The van der Waals surface area contributed by atoms with Crippen LogP contribution in [0.2, 0.25) is 0 Å². The predicted octanol–water partition coefficient (Wildman–Crippen LogP) is 1.15. The average Bonchev–Trinajstić information content (AvgIpc) is 2.71. The standard InChI is InChI=1S/C12H16N2O3S/c15-10-8-18-12(17)14(10)7-6-13-11(16)9-4-2-1-3-5-9/h1-2,9H,3-8H2,(H,13,16)/t9-/m1/s1. The number of thioether (sulfide) groups is 1. The van der Waals surface area contributed by atoms with Gasteiger partial charge in [0.1, 0.15) is 0 Å². The van der Waals surface area contributed by atoms with E-state index in [2.05, 4.69) is 11.4 Å². The van der Waals surface area contributed by atoms with Crippen molar-refractivity contribution in [3.05, 3.63) is 12.2 Å². The second-order valence-electron chi connectivity index (χ2n) is 4.37. The molecule has 2 aliphatic rings. The van der Waals surface area contributed by atoms with Crippen LogP contribution in [-0.4, -0.2) is 40.8 Å². The number of amides is 3. The van der Waals surface area contributed by atoms with Gasteiger partial charge in [0, 0.05) is 19.0 Å². The van der Waals surface area contributed by atoms with Gasteiger partial charge < -0.3 is 5.32 Å². The molecule has 1 aliphatic heterocycles. The Kier molecular flexibility index (Phi) is 4.41. The molecular formula is C12H16N2O3S. The topological polar surface area (TPSA) is 66.5 Å². The molecule has 1 saturated heterocycles. The van der Waals surface area contributed by atoms with E-state index in [1.807, 2.05) is 6.08 Å². The second kappa shape index (κ2) is 6.04. The molecular weight excluding hydrogens is 252 g/mol. The van der Waals surface area contributed by atoms with E-state index in [9.17, 15) is 14.4 Å². The van der Waals surface area contributed by atoms with E-state index in [-0.39, 0.29) is 35.3 Å². The molecule has 3 amide bonds. The number of imide groups is 1. The lowest BCUT2D eigenvalue weighted by atomic mass is 9.94. The van der Waals surface area contributed by atoms with Crippen molar-refractivity contribution in [2.75, 3.05) is 18.8 Å². The van der Waals surface area contributed by atoms with Gasteiger partial charge in [-0.3, -0.25) is 19.3 Å². The van der Waals surface area contributed by atoms with Gasteiger partial charge in [0.25, 0.3) is 5.24 Å². The predicted molar refractivity (Wildman–Crippen MR) is 69.1 cm³/mol. The number of carbonyl (C=O) groups is 3. The maximum absolute atomic E-state index is 11.8. The summed E-state index contributed by atoms with van der Waals surface area (Å²) >= 11 is 1.02. The number of rotatable bonds is 4. The molecule has 0 saturated carbocycles. The Labute approximate surface area is 110 Å². The third kappa shape index (κ3) is 3.13. The Hall–Kier alpha value is -1.30. The van der Waals surface area contributed by atoms with Crippen molar-refractivity contribution in [2.45, 2.75) is 19.3 Å². The summed E-state index contributed by atoms with van der Waals surface area (Å²) in [7, 11) is 0. The van der Waals surface area contributed by atoms with Gasteiger partial charge >= 0.3 is 0 Å². The molecule has 98 valence electrons. The van der Waals surface area contributed by atoms with Crippen LogP contribution in [0.4, 0.5) is 4.79 Å². The molecule has 0 bridgehead atoms. The van der Waals surface area contributed by atoms with Crippen molar-refractivity contribution in [2.24, 2.45) is 5.92 Å². The minimum Gasteiger partial charge on any atom is -0.354 e. The van der Waals surface area contributed by atoms with Crippen LogP contribution in [0.25, 0.3) is 0 Å². The first-order valence-electron chi connectivity index (χ1n) is 6.08. The molecule has 1 N–H and O–H groups in total. The summed E-state index contributed by atoms with van der Waals surface area (Å²) in [4.78, 5) is 35.6. The second-order valence-corrected chi connectivity index (χ2v) is 5.30. The Morgan fingerprint density at radius 3 is 2.89 bits per heavy atom. The number of nitrogens with one attached hydrogen (secondary N) is 1. The number of carbonyl (C=O) groups excluding carboxylic acids is 3. The SMILES string of the molecule is O=C(NCCN1C(=O)CSC1=O)[C@@H]1CC=CCC1. The molecule has 1 aliphatic carbocycles. The van der Waals surface area contributed by atoms with Crippen molar-refractivity contribution in [1.82, 2.24) is 10.2 Å². The molecule has 0 radical (unpaired) electrons. The molecule has 18 heavy (non-hydrogen) atoms. The minimum absolute atomic E-state index is 0.0195. The fourth-order valence-corrected chi connectivity index (χ4v) is 2.82. The van der Waals surface area contributed by atoms with Crippen LogP contribution in [0, 0.1) is 5.92 Å². The highest BCUT2D eigenvalue weighted by Crippen LogP contribution is 2.19. The zero-order valence-corrected chi connectivity index (χ0v) is 10.9. The van der Waals surface area contributed by atoms with Crippen LogP contribution in [0.5, 0.6) is 0 Å². The average molecular weight is 268 g/mol. The zero-order chi connectivity index (χ0) is 13.0. The van der Waals surface area contributed by atoms with Crippen LogP contribution in [-0.2, 0) is 9.59 Å². The monoisotopic (exact) mass is 268 g/mol. The molecule has 0 spiro atoms. The zero-order valence-electron chi connectivity index (χ0n) is 10.1. The van der Waals surface area contributed by atoms with E-state index < -0.39 is 0 Å². The van der Waals surface area contributed by atoms with Crippen molar-refractivity contribution >= 4 is 28.8 Å². The van der Waals surface area contributed by atoms with E-state index >= 15 is 0 Å². The largest absolute Gasteiger partial charge is 0.354 e. The van der Waals surface area contributed by atoms with Gasteiger partial charge in [0.2, 0.25) is 11.8 Å². The molecule has 2 rings (SSSR count). The molecule has 5 nitrogen and oxygen atoms in total. The molecule has 0 aromatic rings. The molecule has 1 fully saturated rings. The van der Waals surface area contributed by atoms with Gasteiger partial charge in [0.05, 0.1) is 5.75 Å². The van der Waals surface area contributed by atoms with Gasteiger partial charge in [-0.1, -0.05) is 23.9 Å². The highest BCUT2D eigenvalue weighted by Gasteiger charge is 2.29. The van der Waals surface area contributed by atoms with Crippen LogP contribution in [0.1, 0.15) is 19.3 Å². The lowest BCUT2D eigenvalue weighted by molar-refractivity contribution is -0.127. The minimum atomic E-state index is -0.213. The van der Waals surface area contributed by atoms with E-state index in [4.69, 9.17) is 0 Å². The first-order valence-corrected chi connectivity index (χ1v) is 7.07. The lowest BCUT2D eigenvalue weighted by Crippen LogP contribution is -2.39. The van der Waals surface area contributed by atoms with Gasteiger partial charge in [-0.2, -0.15) is 0 Å². The van der Waals surface area contributed by atoms with Crippen LogP contribution in [0.15, 0.2) is 12.2 Å². The van der Waals surface area contributed by atoms with Crippen LogP contribution >= 0.6 is 11.8 Å². The number of hydrogen-bond donors (Lipinski definition) is 1. The number of allylic oxidation sites excluding steroid dienone is 2. The Morgan fingerprint density at radius 1 is 1.44 bits per heavy atom. The van der Waals surface area contributed by atoms with Crippen molar-refractivity contribution in [3.63, 3.8) is 0 Å². The van der Waals surface area contributed by atoms with Gasteiger partial charge in [-0.25, -0.2) is 0 Å². The third-order valence-electron chi connectivity index (χ3n) is 3.12. The molecule has 1 heterocycles. The summed E-state index contributed by atoms with van der Waals surface area (Å²) in [5, 5.41) is 2.58. The first kappa shape index (κ1) is 13.1. The van der Waals surface area contributed by atoms with Gasteiger partial charge in [-0.05, 0) is 19.3 Å². The maximum Gasteiger partial charge on any atom is 0.288 e. The van der Waals surface area contributed by atoms with E-state index in [1.54, 1.807) is 0 Å². The number of hydrogen-bond acceptors (Lipinski definition) is 4. The van der Waals surface area contributed by atoms with E-state index in [0.29, 0.717) is 6.54 Å². The van der Waals surface area contributed by atoms with Crippen molar-refractivity contribution < 1.29 is 14.4 Å². The molecule has 0 aromatic carbocycles. The Balaban J connectivity index is 1.71. The van der Waals surface area contributed by atoms with Crippen LogP contribution in [0.3, 0.4) is 0 Å². The summed E-state index contributed by atoms with van der Waals surface area (Å²) in [6.07, 6.45) is 6.71. The quantitative estimate of drug-likeness (QED) is 0.777. The molecule has 0 unspecified atom stereocenters. The van der Waals surface area contributed by atoms with Gasteiger partial charge in [-0.15, -0.1) is 0 Å². The summed E-state index contributed by atoms with van der Waals surface area (Å²) in [6.45, 7) is 0.621. The third-order valence-corrected chi connectivity index (χ3v) is 3.97. The summed E-state index contributed by atoms with van der Waals surface area (Å²) in [5.41, 5.74) is 0.